The molecule has 0 spiro atoms. The summed E-state index contributed by atoms with van der Waals surface area (Å²) in [4.78, 5) is 9.31. The fraction of sp³-hybridized carbons (Fsp3) is 0.500. The number of hydrogen-bond donors (Lipinski definition) is 1. The summed E-state index contributed by atoms with van der Waals surface area (Å²) in [6.45, 7) is 1.39. The van der Waals surface area contributed by atoms with Crippen molar-refractivity contribution in [2.24, 2.45) is 0 Å². The molecule has 0 aromatic rings. The fourth-order valence-corrected chi connectivity index (χ4v) is 0. The molecule has 6 heavy (non-hydrogen) atoms. The fourth-order valence-electron chi connectivity index (χ4n) is 0. The zero-order chi connectivity index (χ0) is 3.58. The molecule has 0 rings (SSSR count). The van der Waals surface area contributed by atoms with Gasteiger partial charge in [0.05, 0.1) is 0 Å². The van der Waals surface area contributed by atoms with Gasteiger partial charge in [0, 0.05) is 6.92 Å². The van der Waals surface area contributed by atoms with E-state index in [1.54, 1.807) is 0 Å². The van der Waals surface area contributed by atoms with Crippen LogP contribution in [-0.4, -0.2) is 64.2 Å². The molecule has 0 heterocycles. The van der Waals surface area contributed by atoms with E-state index in [9.17, 15) is 4.79 Å². The van der Waals surface area contributed by atoms with E-state index in [0.29, 0.717) is 0 Å². The van der Waals surface area contributed by atoms with E-state index in [1.165, 1.54) is 6.92 Å². The Labute approximate surface area is 87.2 Å². The topological polar surface area (TPSA) is 17.1 Å². The molecule has 0 aliphatic carbocycles. The molecule has 0 aromatic heterocycles. The van der Waals surface area contributed by atoms with E-state index in [-0.39, 0.29) is 64.2 Å². The zero-order valence-corrected chi connectivity index (χ0v) is 3.25. The third kappa shape index (κ3) is 37.2. The first-order valence-electron chi connectivity index (χ1n) is 0.928. The Morgan fingerprint density at radius 1 is 1.50 bits per heavy atom. The van der Waals surface area contributed by atoms with E-state index < -0.39 is 0 Å². The third-order valence-corrected chi connectivity index (χ3v) is 0. The van der Waals surface area contributed by atoms with E-state index >= 15 is 0 Å². The summed E-state index contributed by atoms with van der Waals surface area (Å²) < 4.78 is 0. The van der Waals surface area contributed by atoms with Crippen LogP contribution in [0, 0.1) is 0 Å². The van der Waals surface area contributed by atoms with E-state index in [0.717, 1.165) is 0 Å². The normalized spacial score (nSPS) is 4.33. The van der Waals surface area contributed by atoms with Crippen molar-refractivity contribution in [3.05, 3.63) is 0 Å². The molecular formula is C2H6Na2OS. The SMILES string of the molecule is CC(=O)S.[NaH].[NaH]. The van der Waals surface area contributed by atoms with Crippen molar-refractivity contribution >= 4 is 76.9 Å². The van der Waals surface area contributed by atoms with Crippen LogP contribution in [0.3, 0.4) is 0 Å². The second kappa shape index (κ2) is 10.1. The minimum absolute atomic E-state index is 0. The zero-order valence-electron chi connectivity index (χ0n) is 2.36. The van der Waals surface area contributed by atoms with Gasteiger partial charge in [0.1, 0.15) is 0 Å². The van der Waals surface area contributed by atoms with Gasteiger partial charge in [-0.2, -0.15) is 0 Å². The van der Waals surface area contributed by atoms with Crippen molar-refractivity contribution < 1.29 is 4.79 Å². The van der Waals surface area contributed by atoms with Crippen LogP contribution >= 0.6 is 12.6 Å². The summed E-state index contributed by atoms with van der Waals surface area (Å²) in [5.74, 6) is 0. The number of carbonyl (C=O) groups excluding carboxylic acids is 1. The van der Waals surface area contributed by atoms with E-state index in [2.05, 4.69) is 12.6 Å². The quantitative estimate of drug-likeness (QED) is 0.329. The molecule has 0 atom stereocenters. The Kier molecular flexibility index (Phi) is 26.4. The molecule has 0 amide bonds. The first kappa shape index (κ1) is 15.7. The minimum atomic E-state index is -0.139. The van der Waals surface area contributed by atoms with Crippen LogP contribution in [0.1, 0.15) is 6.92 Å². The van der Waals surface area contributed by atoms with Crippen molar-refractivity contribution in [3.8, 4) is 0 Å². The Morgan fingerprint density at radius 2 is 1.50 bits per heavy atom. The predicted octanol–water partition coefficient (Wildman–Crippen LogP) is -0.834. The molecule has 0 N–H and O–H groups in total. The number of hydrogen-bond acceptors (Lipinski definition) is 1. The summed E-state index contributed by atoms with van der Waals surface area (Å²) in [6.07, 6.45) is 0. The first-order valence-corrected chi connectivity index (χ1v) is 1.37. The molecule has 0 aromatic carbocycles. The van der Waals surface area contributed by atoms with Gasteiger partial charge in [0.2, 0.25) is 0 Å². The monoisotopic (exact) mass is 124 g/mol. The van der Waals surface area contributed by atoms with Crippen LogP contribution in [0.4, 0.5) is 0 Å². The van der Waals surface area contributed by atoms with Crippen molar-refractivity contribution in [3.63, 3.8) is 0 Å². The maximum absolute atomic E-state index is 9.31. The van der Waals surface area contributed by atoms with Gasteiger partial charge >= 0.3 is 59.1 Å². The summed E-state index contributed by atoms with van der Waals surface area (Å²) >= 11 is 3.33. The van der Waals surface area contributed by atoms with Gasteiger partial charge in [0.25, 0.3) is 0 Å². The van der Waals surface area contributed by atoms with Crippen molar-refractivity contribution in [1.29, 1.82) is 0 Å². The molecule has 0 unspecified atom stereocenters. The molecule has 1 nitrogen and oxygen atoms in total. The standard InChI is InChI=1S/C2H4OS.2Na.2H/c1-2(3)4;;;;/h1H3,(H,3,4);;;;. The third-order valence-electron chi connectivity index (χ3n) is 0. The van der Waals surface area contributed by atoms with Crippen LogP contribution in [0.5, 0.6) is 0 Å². The average molecular weight is 124 g/mol. The molecule has 0 saturated carbocycles. The molecule has 28 valence electrons. The Hall–Kier alpha value is 2.02. The number of rotatable bonds is 0. The molecule has 0 aliphatic rings. The van der Waals surface area contributed by atoms with Crippen molar-refractivity contribution in [1.82, 2.24) is 0 Å². The van der Waals surface area contributed by atoms with Crippen molar-refractivity contribution in [2.75, 3.05) is 0 Å². The van der Waals surface area contributed by atoms with Gasteiger partial charge < -0.3 is 0 Å². The average Bonchev–Trinajstić information content (AvgIpc) is 0.811. The Bertz CT molecular complexity index is 34.5. The van der Waals surface area contributed by atoms with Gasteiger partial charge in [-0.1, -0.05) is 0 Å². The Balaban J connectivity index is -0.0000000450. The van der Waals surface area contributed by atoms with Gasteiger partial charge in [-0.25, -0.2) is 0 Å². The van der Waals surface area contributed by atoms with Crippen molar-refractivity contribution in [2.45, 2.75) is 6.92 Å². The van der Waals surface area contributed by atoms with Crippen LogP contribution in [0.25, 0.3) is 0 Å². The van der Waals surface area contributed by atoms with Gasteiger partial charge in [-0.05, 0) is 0 Å². The van der Waals surface area contributed by atoms with Gasteiger partial charge in [-0.3, -0.25) is 4.79 Å². The van der Waals surface area contributed by atoms with Gasteiger partial charge in [0.15, 0.2) is 5.12 Å². The van der Waals surface area contributed by atoms with Crippen LogP contribution in [0.15, 0.2) is 0 Å². The molecule has 4 heteroatoms. The maximum atomic E-state index is 9.31. The molecule has 0 fully saturated rings. The molecular weight excluding hydrogens is 118 g/mol. The molecule has 0 saturated heterocycles. The first-order chi connectivity index (χ1) is 1.73. The van der Waals surface area contributed by atoms with Gasteiger partial charge in [-0.15, -0.1) is 12.6 Å². The number of thiol groups is 1. The summed E-state index contributed by atoms with van der Waals surface area (Å²) in [6, 6.07) is 0. The second-order valence-electron chi connectivity index (χ2n) is 0.519. The molecule has 0 aliphatic heterocycles. The second-order valence-corrected chi connectivity index (χ2v) is 1.15. The summed E-state index contributed by atoms with van der Waals surface area (Å²) in [5, 5.41) is -0.139. The number of carbonyl (C=O) groups is 1. The van der Waals surface area contributed by atoms with Crippen LogP contribution < -0.4 is 0 Å². The van der Waals surface area contributed by atoms with E-state index in [4.69, 9.17) is 0 Å². The molecule has 0 radical (unpaired) electrons. The van der Waals surface area contributed by atoms with Crippen LogP contribution in [-0.2, 0) is 4.79 Å². The van der Waals surface area contributed by atoms with Crippen LogP contribution in [0.2, 0.25) is 0 Å². The van der Waals surface area contributed by atoms with E-state index in [1.807, 2.05) is 0 Å². The predicted molar refractivity (Wildman–Crippen MR) is 34.0 cm³/mol. The molecule has 0 bridgehead atoms. The summed E-state index contributed by atoms with van der Waals surface area (Å²) in [5.41, 5.74) is 0. The summed E-state index contributed by atoms with van der Waals surface area (Å²) in [7, 11) is 0. The Morgan fingerprint density at radius 3 is 1.50 bits per heavy atom.